The molecule has 5 atom stereocenters. The summed E-state index contributed by atoms with van der Waals surface area (Å²) in [6, 6.07) is 1.87. The Hall–Kier alpha value is -1.97. The standard InChI is InChI=1S/C22H34N4O7/c1-21(2)32-18-17(15(13-27)30-19(18)33-21)31-20(29)25-9-6-22(3,7-10-25)24-12-16(28)26-8-4-5-14(26)11-23/h14-15,17-19,24,27H,4-10,12-13H2,1-3H3/t14-,15+,17-,18+,19+/m0/s1. The summed E-state index contributed by atoms with van der Waals surface area (Å²) in [4.78, 5) is 28.7. The number of nitrogens with zero attached hydrogens (tertiary/aromatic N) is 3. The molecule has 0 aliphatic carbocycles. The number of likely N-dealkylation sites (tertiary alicyclic amines) is 2. The zero-order chi connectivity index (χ0) is 23.8. The minimum absolute atomic E-state index is 0.0605. The van der Waals surface area contributed by atoms with Crippen LogP contribution in [0.4, 0.5) is 4.79 Å². The maximum absolute atomic E-state index is 12.8. The molecule has 0 bridgehead atoms. The zero-order valence-corrected chi connectivity index (χ0v) is 19.5. The van der Waals surface area contributed by atoms with E-state index in [-0.39, 0.29) is 30.6 Å². The lowest BCUT2D eigenvalue weighted by Crippen LogP contribution is -2.55. The molecule has 4 heterocycles. The van der Waals surface area contributed by atoms with E-state index in [4.69, 9.17) is 18.9 Å². The van der Waals surface area contributed by atoms with Gasteiger partial charge < -0.3 is 39.2 Å². The normalized spacial score (nSPS) is 34.7. The molecule has 0 saturated carbocycles. The fraction of sp³-hybridized carbons (Fsp3) is 0.864. The zero-order valence-electron chi connectivity index (χ0n) is 19.5. The third-order valence-corrected chi connectivity index (χ3v) is 7.02. The van der Waals surface area contributed by atoms with E-state index in [0.29, 0.717) is 32.5 Å². The molecule has 2 N–H and O–H groups in total. The van der Waals surface area contributed by atoms with E-state index in [1.54, 1.807) is 23.6 Å². The van der Waals surface area contributed by atoms with Crippen molar-refractivity contribution in [2.75, 3.05) is 32.8 Å². The second-order valence-electron chi connectivity index (χ2n) is 9.95. The Labute approximate surface area is 193 Å². The van der Waals surface area contributed by atoms with E-state index < -0.39 is 36.5 Å². The highest BCUT2D eigenvalue weighted by Crippen LogP contribution is 2.39. The molecule has 184 valence electrons. The van der Waals surface area contributed by atoms with Gasteiger partial charge in [-0.25, -0.2) is 4.79 Å². The van der Waals surface area contributed by atoms with Crippen LogP contribution in [0.3, 0.4) is 0 Å². The molecule has 2 amide bonds. The minimum atomic E-state index is -0.848. The number of ether oxygens (including phenoxy) is 4. The summed E-state index contributed by atoms with van der Waals surface area (Å²) in [5, 5.41) is 22.2. The van der Waals surface area contributed by atoms with Crippen LogP contribution in [0, 0.1) is 11.3 Å². The molecule has 0 aromatic rings. The first-order valence-corrected chi connectivity index (χ1v) is 11.7. The second-order valence-corrected chi connectivity index (χ2v) is 9.95. The number of nitrogens with one attached hydrogen (secondary N) is 1. The van der Waals surface area contributed by atoms with Gasteiger partial charge in [0.1, 0.15) is 12.1 Å². The number of amides is 2. The quantitative estimate of drug-likeness (QED) is 0.587. The van der Waals surface area contributed by atoms with Crippen LogP contribution in [-0.4, -0.2) is 102 Å². The van der Waals surface area contributed by atoms with Crippen molar-refractivity contribution in [3.63, 3.8) is 0 Å². The molecular formula is C22H34N4O7. The summed E-state index contributed by atoms with van der Waals surface area (Å²) in [5.74, 6) is -0.909. The predicted octanol–water partition coefficient (Wildman–Crippen LogP) is 0.319. The highest BCUT2D eigenvalue weighted by molar-refractivity contribution is 5.79. The van der Waals surface area contributed by atoms with Crippen molar-refractivity contribution in [3.8, 4) is 6.07 Å². The van der Waals surface area contributed by atoms with Gasteiger partial charge >= 0.3 is 6.09 Å². The highest BCUT2D eigenvalue weighted by atomic mass is 16.8. The average molecular weight is 467 g/mol. The first kappa shape index (κ1) is 24.2. The average Bonchev–Trinajstić information content (AvgIpc) is 3.45. The molecule has 0 unspecified atom stereocenters. The van der Waals surface area contributed by atoms with Gasteiger partial charge in [0.25, 0.3) is 0 Å². The molecule has 11 heteroatoms. The summed E-state index contributed by atoms with van der Waals surface area (Å²) in [7, 11) is 0. The largest absolute Gasteiger partial charge is 0.440 e. The SMILES string of the molecule is CC1(NCC(=O)N2CCC[C@H]2C#N)CCN(C(=O)O[C@@H]2[C@H]3OC(C)(C)O[C@H]3O[C@@H]2CO)CC1. The summed E-state index contributed by atoms with van der Waals surface area (Å²) in [6.45, 7) is 6.99. The van der Waals surface area contributed by atoms with Crippen molar-refractivity contribution >= 4 is 12.0 Å². The first-order chi connectivity index (χ1) is 15.6. The van der Waals surface area contributed by atoms with Crippen molar-refractivity contribution in [3.05, 3.63) is 0 Å². The van der Waals surface area contributed by atoms with E-state index in [2.05, 4.69) is 11.4 Å². The number of carbonyl (C=O) groups excluding carboxylic acids is 2. The van der Waals surface area contributed by atoms with Crippen molar-refractivity contribution in [1.29, 1.82) is 5.26 Å². The van der Waals surface area contributed by atoms with Gasteiger partial charge in [0, 0.05) is 25.2 Å². The third-order valence-electron chi connectivity index (χ3n) is 7.02. The molecule has 4 aliphatic rings. The molecule has 33 heavy (non-hydrogen) atoms. The van der Waals surface area contributed by atoms with Crippen molar-refractivity contribution in [1.82, 2.24) is 15.1 Å². The molecule has 4 aliphatic heterocycles. The first-order valence-electron chi connectivity index (χ1n) is 11.7. The highest BCUT2D eigenvalue weighted by Gasteiger charge is 2.56. The Kier molecular flexibility index (Phi) is 6.85. The van der Waals surface area contributed by atoms with Gasteiger partial charge in [-0.3, -0.25) is 4.79 Å². The lowest BCUT2D eigenvalue weighted by molar-refractivity contribution is -0.218. The lowest BCUT2D eigenvalue weighted by Gasteiger charge is -2.40. The minimum Gasteiger partial charge on any atom is -0.440 e. The monoisotopic (exact) mass is 466 g/mol. The van der Waals surface area contributed by atoms with Crippen LogP contribution in [-0.2, 0) is 23.7 Å². The number of hydrogen-bond acceptors (Lipinski definition) is 9. The molecule has 0 radical (unpaired) electrons. The number of piperidine rings is 1. The van der Waals surface area contributed by atoms with Crippen molar-refractivity contribution in [2.45, 2.75) is 88.4 Å². The number of aliphatic hydroxyl groups excluding tert-OH is 1. The second kappa shape index (κ2) is 9.35. The van der Waals surface area contributed by atoms with Crippen LogP contribution >= 0.6 is 0 Å². The number of rotatable bonds is 5. The van der Waals surface area contributed by atoms with Crippen LogP contribution in [0.5, 0.6) is 0 Å². The van der Waals surface area contributed by atoms with E-state index >= 15 is 0 Å². The molecule has 4 rings (SSSR count). The van der Waals surface area contributed by atoms with Crippen molar-refractivity contribution < 1.29 is 33.6 Å². The lowest BCUT2D eigenvalue weighted by atomic mass is 9.89. The molecule has 0 aromatic heterocycles. The summed E-state index contributed by atoms with van der Waals surface area (Å²) in [6.07, 6.45) is -0.321. The Morgan fingerprint density at radius 1 is 1.21 bits per heavy atom. The van der Waals surface area contributed by atoms with Gasteiger partial charge in [0.05, 0.1) is 19.2 Å². The maximum Gasteiger partial charge on any atom is 0.410 e. The Morgan fingerprint density at radius 2 is 1.94 bits per heavy atom. The van der Waals surface area contributed by atoms with E-state index in [1.807, 2.05) is 6.92 Å². The summed E-state index contributed by atoms with van der Waals surface area (Å²) in [5.41, 5.74) is -0.296. The Balaban J connectivity index is 1.26. The van der Waals surface area contributed by atoms with E-state index in [0.717, 1.165) is 12.8 Å². The topological polar surface area (TPSA) is 134 Å². The van der Waals surface area contributed by atoms with Gasteiger partial charge in [-0.15, -0.1) is 0 Å². The molecule has 11 nitrogen and oxygen atoms in total. The van der Waals surface area contributed by atoms with Crippen LogP contribution in [0.1, 0.15) is 46.5 Å². The number of fused-ring (bicyclic) bond motifs is 1. The van der Waals surface area contributed by atoms with Crippen LogP contribution in [0.2, 0.25) is 0 Å². The fourth-order valence-corrected chi connectivity index (χ4v) is 4.98. The van der Waals surface area contributed by atoms with Crippen LogP contribution in [0.15, 0.2) is 0 Å². The number of aliphatic hydroxyl groups is 1. The fourth-order valence-electron chi connectivity index (χ4n) is 4.98. The maximum atomic E-state index is 12.8. The molecule has 0 spiro atoms. The summed E-state index contributed by atoms with van der Waals surface area (Å²) < 4.78 is 22.9. The molecule has 4 fully saturated rings. The Bertz CT molecular complexity index is 792. The van der Waals surface area contributed by atoms with E-state index in [1.165, 1.54) is 0 Å². The molecule has 0 aromatic carbocycles. The Morgan fingerprint density at radius 3 is 2.61 bits per heavy atom. The van der Waals surface area contributed by atoms with Gasteiger partial charge in [-0.2, -0.15) is 5.26 Å². The van der Waals surface area contributed by atoms with Gasteiger partial charge in [0.15, 0.2) is 24.3 Å². The summed E-state index contributed by atoms with van der Waals surface area (Å²) >= 11 is 0. The van der Waals surface area contributed by atoms with E-state index in [9.17, 15) is 20.0 Å². The number of nitriles is 1. The number of hydrogen-bond donors (Lipinski definition) is 2. The predicted molar refractivity (Wildman–Crippen MR) is 114 cm³/mol. The van der Waals surface area contributed by atoms with Gasteiger partial charge in [-0.05, 0) is 46.5 Å². The number of carbonyl (C=O) groups is 2. The van der Waals surface area contributed by atoms with Crippen molar-refractivity contribution in [2.24, 2.45) is 0 Å². The molecule has 4 saturated heterocycles. The van der Waals surface area contributed by atoms with Gasteiger partial charge in [-0.1, -0.05) is 0 Å². The van der Waals surface area contributed by atoms with Crippen LogP contribution < -0.4 is 5.32 Å². The molecular weight excluding hydrogens is 432 g/mol. The third kappa shape index (κ3) is 5.10. The van der Waals surface area contributed by atoms with Gasteiger partial charge in [0.2, 0.25) is 5.91 Å². The smallest absolute Gasteiger partial charge is 0.410 e. The van der Waals surface area contributed by atoms with Crippen LogP contribution in [0.25, 0.3) is 0 Å².